The van der Waals surface area contributed by atoms with Crippen molar-refractivity contribution in [2.75, 3.05) is 12.0 Å². The number of hydrogen-bond donors (Lipinski definition) is 3. The Morgan fingerprint density at radius 3 is 2.83 bits per heavy atom. The predicted octanol–water partition coefficient (Wildman–Crippen LogP) is 0.949. The van der Waals surface area contributed by atoms with Crippen LogP contribution in [0, 0.1) is 0 Å². The van der Waals surface area contributed by atoms with Crippen LogP contribution in [-0.4, -0.2) is 59.5 Å². The Morgan fingerprint density at radius 1 is 1.33 bits per heavy atom. The van der Waals surface area contributed by atoms with E-state index in [0.717, 1.165) is 19.3 Å². The van der Waals surface area contributed by atoms with E-state index in [2.05, 4.69) is 21.9 Å². The first-order chi connectivity index (χ1) is 11.6. The first-order valence-corrected chi connectivity index (χ1v) is 9.34. The van der Waals surface area contributed by atoms with Crippen LogP contribution >= 0.6 is 11.8 Å². The van der Waals surface area contributed by atoms with Crippen molar-refractivity contribution in [2.24, 2.45) is 0 Å². The fourth-order valence-corrected chi connectivity index (χ4v) is 4.00. The van der Waals surface area contributed by atoms with Gasteiger partial charge in [0.15, 0.2) is 17.7 Å². The summed E-state index contributed by atoms with van der Waals surface area (Å²) in [6.45, 7) is 2.13. The van der Waals surface area contributed by atoms with E-state index in [-0.39, 0.29) is 11.1 Å². The molecule has 8 nitrogen and oxygen atoms in total. The highest BCUT2D eigenvalue weighted by Gasteiger charge is 2.47. The third-order valence-electron chi connectivity index (χ3n) is 4.45. The Balaban J connectivity index is 1.87. The van der Waals surface area contributed by atoms with Gasteiger partial charge in [-0.25, -0.2) is 15.0 Å². The molecule has 0 spiro atoms. The number of imidazole rings is 1. The van der Waals surface area contributed by atoms with Gasteiger partial charge in [-0.2, -0.15) is 11.8 Å². The van der Waals surface area contributed by atoms with Crippen LogP contribution < -0.4 is 5.73 Å². The number of aliphatic hydroxyl groups excluding tert-OH is 2. The number of unbranched alkanes of at least 4 members (excludes halogenated alkanes) is 1. The van der Waals surface area contributed by atoms with Gasteiger partial charge in [0.2, 0.25) is 0 Å². The second kappa shape index (κ2) is 7.22. The van der Waals surface area contributed by atoms with Gasteiger partial charge in [-0.1, -0.05) is 19.8 Å². The number of fused-ring (bicyclic) bond motifs is 1. The summed E-state index contributed by atoms with van der Waals surface area (Å²) in [5, 5.41) is 21.1. The molecule has 0 amide bonds. The number of aromatic nitrogens is 4. The predicted molar refractivity (Wildman–Crippen MR) is 92.5 cm³/mol. The van der Waals surface area contributed by atoms with E-state index in [4.69, 9.17) is 10.5 Å². The summed E-state index contributed by atoms with van der Waals surface area (Å²) in [5.74, 6) is 0.272. The lowest BCUT2D eigenvalue weighted by molar-refractivity contribution is -0.0356. The number of rotatable bonds is 6. The number of nitrogen functional groups attached to an aromatic ring is 1. The van der Waals surface area contributed by atoms with Crippen LogP contribution in [0.1, 0.15) is 32.4 Å². The van der Waals surface area contributed by atoms with Crippen molar-refractivity contribution in [1.29, 1.82) is 0 Å². The molecule has 3 heterocycles. The van der Waals surface area contributed by atoms with Crippen LogP contribution in [0.3, 0.4) is 0 Å². The van der Waals surface area contributed by atoms with Crippen molar-refractivity contribution in [2.45, 2.75) is 56.0 Å². The van der Waals surface area contributed by atoms with Gasteiger partial charge >= 0.3 is 0 Å². The summed E-state index contributed by atoms with van der Waals surface area (Å²) >= 11 is 1.65. The van der Waals surface area contributed by atoms with E-state index in [1.54, 1.807) is 16.3 Å². The van der Waals surface area contributed by atoms with Gasteiger partial charge in [0.25, 0.3) is 0 Å². The monoisotopic (exact) mass is 353 g/mol. The zero-order valence-electron chi connectivity index (χ0n) is 13.7. The Bertz CT molecular complexity index is 697. The summed E-state index contributed by atoms with van der Waals surface area (Å²) in [4.78, 5) is 12.3. The Kier molecular flexibility index (Phi) is 5.24. The average molecular weight is 353 g/mol. The van der Waals surface area contributed by atoms with E-state index in [0.29, 0.717) is 11.2 Å². The van der Waals surface area contributed by atoms with E-state index in [1.807, 2.05) is 6.26 Å². The van der Waals surface area contributed by atoms with Gasteiger partial charge in [0.05, 0.1) is 6.33 Å². The van der Waals surface area contributed by atoms with E-state index >= 15 is 0 Å². The minimum atomic E-state index is -1.06. The molecule has 24 heavy (non-hydrogen) atoms. The maximum Gasteiger partial charge on any atom is 0.167 e. The molecular weight excluding hydrogens is 330 g/mol. The van der Waals surface area contributed by atoms with Crippen LogP contribution in [0.5, 0.6) is 0 Å². The van der Waals surface area contributed by atoms with Crippen LogP contribution in [-0.2, 0) is 4.74 Å². The molecule has 0 saturated carbocycles. The largest absolute Gasteiger partial charge is 0.387 e. The molecule has 0 aromatic carbocycles. The third-order valence-corrected chi connectivity index (χ3v) is 5.56. The summed E-state index contributed by atoms with van der Waals surface area (Å²) in [7, 11) is 0. The van der Waals surface area contributed by atoms with Gasteiger partial charge in [0, 0.05) is 5.25 Å². The van der Waals surface area contributed by atoms with Crippen molar-refractivity contribution in [1.82, 2.24) is 19.5 Å². The minimum absolute atomic E-state index is 0.120. The average Bonchev–Trinajstić information content (AvgIpc) is 3.13. The van der Waals surface area contributed by atoms with E-state index in [1.165, 1.54) is 12.7 Å². The molecular formula is C15H23N5O3S. The van der Waals surface area contributed by atoms with E-state index in [9.17, 15) is 10.2 Å². The molecule has 1 fully saturated rings. The highest BCUT2D eigenvalue weighted by atomic mass is 32.2. The lowest BCUT2D eigenvalue weighted by Gasteiger charge is -2.23. The zero-order chi connectivity index (χ0) is 17.3. The van der Waals surface area contributed by atoms with Crippen molar-refractivity contribution in [3.63, 3.8) is 0 Å². The smallest absolute Gasteiger partial charge is 0.167 e. The van der Waals surface area contributed by atoms with Gasteiger partial charge in [-0.15, -0.1) is 0 Å². The molecule has 3 rings (SSSR count). The number of hydrogen-bond acceptors (Lipinski definition) is 8. The fraction of sp³-hybridized carbons (Fsp3) is 0.667. The normalized spacial score (nSPS) is 28.5. The van der Waals surface area contributed by atoms with Crippen LogP contribution in [0.2, 0.25) is 0 Å². The van der Waals surface area contributed by atoms with E-state index < -0.39 is 24.5 Å². The summed E-state index contributed by atoms with van der Waals surface area (Å²) in [6.07, 6.45) is 4.71. The molecule has 4 N–H and O–H groups in total. The van der Waals surface area contributed by atoms with Gasteiger partial charge in [0.1, 0.15) is 30.2 Å². The van der Waals surface area contributed by atoms with Gasteiger partial charge in [-0.3, -0.25) is 4.57 Å². The van der Waals surface area contributed by atoms with Crippen LogP contribution in [0.4, 0.5) is 5.82 Å². The SMILES string of the molecule is CCCCC(SC)[C@H]1O[C@@H](n2cnc3c(N)ncnc32)[C@H](O)[C@@H]1O. The first-order valence-electron chi connectivity index (χ1n) is 8.05. The Hall–Kier alpha value is -1.42. The Morgan fingerprint density at radius 2 is 2.12 bits per heavy atom. The summed E-state index contributed by atoms with van der Waals surface area (Å²) in [5.41, 5.74) is 6.74. The number of anilines is 1. The second-order valence-electron chi connectivity index (χ2n) is 5.97. The molecule has 9 heteroatoms. The van der Waals surface area contributed by atoms with Crippen LogP contribution in [0.15, 0.2) is 12.7 Å². The van der Waals surface area contributed by atoms with Gasteiger partial charge < -0.3 is 20.7 Å². The molecule has 0 radical (unpaired) electrons. The minimum Gasteiger partial charge on any atom is -0.387 e. The van der Waals surface area contributed by atoms with Crippen molar-refractivity contribution in [3.8, 4) is 0 Å². The summed E-state index contributed by atoms with van der Waals surface area (Å²) < 4.78 is 7.64. The number of thioether (sulfide) groups is 1. The molecule has 1 aliphatic rings. The molecule has 1 aliphatic heterocycles. The molecule has 0 aliphatic carbocycles. The number of nitrogens with zero attached hydrogens (tertiary/aromatic N) is 4. The van der Waals surface area contributed by atoms with Crippen molar-refractivity contribution >= 4 is 28.7 Å². The molecule has 132 valence electrons. The second-order valence-corrected chi connectivity index (χ2v) is 7.05. The molecule has 5 atom stereocenters. The topological polar surface area (TPSA) is 119 Å². The highest BCUT2D eigenvalue weighted by Crippen LogP contribution is 2.37. The Labute approximate surface area is 144 Å². The highest BCUT2D eigenvalue weighted by molar-refractivity contribution is 7.99. The zero-order valence-corrected chi connectivity index (χ0v) is 14.6. The molecule has 2 aromatic heterocycles. The van der Waals surface area contributed by atoms with Gasteiger partial charge in [-0.05, 0) is 12.7 Å². The maximum atomic E-state index is 10.5. The maximum absolute atomic E-state index is 10.5. The first kappa shape index (κ1) is 17.4. The molecule has 2 aromatic rings. The third kappa shape index (κ3) is 2.97. The fourth-order valence-electron chi connectivity index (χ4n) is 3.10. The lowest BCUT2D eigenvalue weighted by Crippen LogP contribution is -2.37. The van der Waals surface area contributed by atoms with Crippen molar-refractivity contribution < 1.29 is 14.9 Å². The molecule has 0 bridgehead atoms. The number of ether oxygens (including phenoxy) is 1. The number of aliphatic hydroxyl groups is 2. The molecule has 1 unspecified atom stereocenters. The quantitative estimate of drug-likeness (QED) is 0.702. The molecule has 1 saturated heterocycles. The number of nitrogens with two attached hydrogens (primary N) is 1. The standard InChI is InChI=1S/C15H23N5O3S/c1-3-4-5-8(24-2)12-10(21)11(22)15(23-12)20-7-19-9-13(16)17-6-18-14(9)20/h6-8,10-12,15,21-22H,3-5H2,1-2H3,(H2,16,17,18)/t8?,10-,11+,12+,15+/m0/s1. The summed E-state index contributed by atoms with van der Waals surface area (Å²) in [6, 6.07) is 0. The lowest BCUT2D eigenvalue weighted by atomic mass is 10.0. The van der Waals surface area contributed by atoms with Crippen molar-refractivity contribution in [3.05, 3.63) is 12.7 Å². The van der Waals surface area contributed by atoms with Crippen LogP contribution in [0.25, 0.3) is 11.2 Å².